The fraction of sp³-hybridized carbons (Fsp3) is 0.545. The molecule has 1 aromatic rings. The van der Waals surface area contributed by atoms with E-state index in [4.69, 9.17) is 0 Å². The van der Waals surface area contributed by atoms with E-state index in [0.717, 1.165) is 24.4 Å². The molecule has 0 atom stereocenters. The molecule has 0 saturated heterocycles. The van der Waals surface area contributed by atoms with Crippen molar-refractivity contribution in [2.75, 3.05) is 0 Å². The summed E-state index contributed by atoms with van der Waals surface area (Å²) in [6, 6.07) is 0. The van der Waals surface area contributed by atoms with Gasteiger partial charge in [-0.3, -0.25) is 0 Å². The molecule has 1 heterocycles. The first-order chi connectivity index (χ1) is 6.29. The van der Waals surface area contributed by atoms with Crippen molar-refractivity contribution in [2.24, 2.45) is 7.05 Å². The van der Waals surface area contributed by atoms with Crippen LogP contribution in [-0.4, -0.2) is 9.55 Å². The number of aromatic nitrogens is 2. The molecule has 2 heteroatoms. The second kappa shape index (κ2) is 4.26. The maximum atomic E-state index is 4.43. The highest BCUT2D eigenvalue weighted by molar-refractivity contribution is 5.50. The molecule has 1 aliphatic rings. The monoisotopic (exact) mass is 178 g/mol. The predicted molar refractivity (Wildman–Crippen MR) is 56.6 cm³/mol. The quantitative estimate of drug-likeness (QED) is 0.597. The average molecular weight is 178 g/mol. The molecule has 0 N–H and O–H groups in total. The van der Waals surface area contributed by atoms with Crippen molar-refractivity contribution in [2.45, 2.75) is 33.6 Å². The minimum atomic E-state index is 1.11. The van der Waals surface area contributed by atoms with Gasteiger partial charge in [-0.15, -0.1) is 0 Å². The molecule has 2 rings (SSSR count). The standard InChI is InChI=1S/C9H12N2.C2H6/c1-7-10-8-5-3-4-6-9(8)11(7)2;1-2/h3,5H,4,6H2,1-2H3;1-2H3. The van der Waals surface area contributed by atoms with Crippen LogP contribution in [0.4, 0.5) is 0 Å². The molecule has 13 heavy (non-hydrogen) atoms. The summed E-state index contributed by atoms with van der Waals surface area (Å²) in [5.41, 5.74) is 2.54. The number of hydrogen-bond acceptors (Lipinski definition) is 1. The lowest BCUT2D eigenvalue weighted by atomic mass is 10.1. The van der Waals surface area contributed by atoms with Crippen molar-refractivity contribution in [1.82, 2.24) is 9.55 Å². The fourth-order valence-corrected chi connectivity index (χ4v) is 1.53. The highest BCUT2D eigenvalue weighted by Gasteiger charge is 2.11. The number of allylic oxidation sites excluding steroid dienone is 1. The molecule has 0 saturated carbocycles. The average Bonchev–Trinajstić information content (AvgIpc) is 2.47. The van der Waals surface area contributed by atoms with Crippen LogP contribution >= 0.6 is 0 Å². The summed E-state index contributed by atoms with van der Waals surface area (Å²) in [5.74, 6) is 1.11. The Bertz CT molecular complexity index is 308. The number of hydrogen-bond donors (Lipinski definition) is 0. The Labute approximate surface area is 80.3 Å². The number of nitrogens with zero attached hydrogens (tertiary/aromatic N) is 2. The molecule has 72 valence electrons. The van der Waals surface area contributed by atoms with Crippen LogP contribution in [0.1, 0.15) is 37.5 Å². The summed E-state index contributed by atoms with van der Waals surface area (Å²) < 4.78 is 2.18. The van der Waals surface area contributed by atoms with Gasteiger partial charge in [-0.25, -0.2) is 4.98 Å². The van der Waals surface area contributed by atoms with Crippen LogP contribution in [-0.2, 0) is 13.5 Å². The van der Waals surface area contributed by atoms with Crippen LogP contribution in [0.2, 0.25) is 0 Å². The second-order valence-electron chi connectivity index (χ2n) is 2.99. The Balaban J connectivity index is 0.000000396. The maximum Gasteiger partial charge on any atom is 0.106 e. The number of aryl methyl sites for hydroxylation is 1. The summed E-state index contributed by atoms with van der Waals surface area (Å²) in [6.07, 6.45) is 6.61. The Morgan fingerprint density at radius 3 is 2.69 bits per heavy atom. The first-order valence-corrected chi connectivity index (χ1v) is 4.98. The molecular weight excluding hydrogens is 160 g/mol. The molecule has 2 nitrogen and oxygen atoms in total. The van der Waals surface area contributed by atoms with E-state index in [1.165, 1.54) is 5.69 Å². The Hall–Kier alpha value is -1.05. The highest BCUT2D eigenvalue weighted by Crippen LogP contribution is 2.18. The van der Waals surface area contributed by atoms with Crippen molar-refractivity contribution in [3.8, 4) is 0 Å². The van der Waals surface area contributed by atoms with Gasteiger partial charge in [0.15, 0.2) is 0 Å². The van der Waals surface area contributed by atoms with Gasteiger partial charge < -0.3 is 4.57 Å². The summed E-state index contributed by atoms with van der Waals surface area (Å²) in [7, 11) is 2.08. The van der Waals surface area contributed by atoms with Gasteiger partial charge in [0, 0.05) is 12.7 Å². The van der Waals surface area contributed by atoms with Gasteiger partial charge in [-0.1, -0.05) is 19.9 Å². The summed E-state index contributed by atoms with van der Waals surface area (Å²) in [4.78, 5) is 4.43. The topological polar surface area (TPSA) is 17.8 Å². The molecule has 0 radical (unpaired) electrons. The lowest BCUT2D eigenvalue weighted by molar-refractivity contribution is 0.776. The molecule has 0 bridgehead atoms. The minimum absolute atomic E-state index is 1.11. The Morgan fingerprint density at radius 2 is 2.08 bits per heavy atom. The van der Waals surface area contributed by atoms with Gasteiger partial charge in [-0.05, 0) is 25.8 Å². The first kappa shape index (κ1) is 10.0. The van der Waals surface area contributed by atoms with Crippen molar-refractivity contribution in [3.63, 3.8) is 0 Å². The van der Waals surface area contributed by atoms with Crippen LogP contribution in [0.15, 0.2) is 6.08 Å². The summed E-state index contributed by atoms with van der Waals surface area (Å²) in [6.45, 7) is 6.05. The first-order valence-electron chi connectivity index (χ1n) is 4.98. The second-order valence-corrected chi connectivity index (χ2v) is 2.99. The Morgan fingerprint density at radius 1 is 1.38 bits per heavy atom. The molecule has 0 unspecified atom stereocenters. The van der Waals surface area contributed by atoms with E-state index in [9.17, 15) is 0 Å². The van der Waals surface area contributed by atoms with Crippen LogP contribution < -0.4 is 0 Å². The van der Waals surface area contributed by atoms with Crippen molar-refractivity contribution in [1.29, 1.82) is 0 Å². The van der Waals surface area contributed by atoms with Crippen molar-refractivity contribution in [3.05, 3.63) is 23.3 Å². The smallest absolute Gasteiger partial charge is 0.106 e. The third-order valence-electron chi connectivity index (χ3n) is 2.29. The van der Waals surface area contributed by atoms with Crippen molar-refractivity contribution < 1.29 is 0 Å². The van der Waals surface area contributed by atoms with E-state index in [2.05, 4.69) is 28.8 Å². The third kappa shape index (κ3) is 1.82. The number of rotatable bonds is 0. The predicted octanol–water partition coefficient (Wildman–Crippen LogP) is 2.71. The van der Waals surface area contributed by atoms with Crippen LogP contribution in [0.5, 0.6) is 0 Å². The van der Waals surface area contributed by atoms with Crippen LogP contribution in [0.25, 0.3) is 6.08 Å². The molecule has 0 aromatic carbocycles. The third-order valence-corrected chi connectivity index (χ3v) is 2.29. The molecule has 0 amide bonds. The molecule has 0 spiro atoms. The van der Waals surface area contributed by atoms with E-state index in [1.54, 1.807) is 0 Å². The molecule has 1 aromatic heterocycles. The van der Waals surface area contributed by atoms with Gasteiger partial charge in [-0.2, -0.15) is 0 Å². The summed E-state index contributed by atoms with van der Waals surface area (Å²) >= 11 is 0. The van der Waals surface area contributed by atoms with E-state index in [-0.39, 0.29) is 0 Å². The van der Waals surface area contributed by atoms with Crippen LogP contribution in [0.3, 0.4) is 0 Å². The zero-order chi connectivity index (χ0) is 9.84. The summed E-state index contributed by atoms with van der Waals surface area (Å²) in [5, 5.41) is 0. The Kier molecular flexibility index (Phi) is 3.29. The van der Waals surface area contributed by atoms with Gasteiger partial charge >= 0.3 is 0 Å². The normalized spacial score (nSPS) is 13.2. The van der Waals surface area contributed by atoms with Gasteiger partial charge in [0.2, 0.25) is 0 Å². The SMILES string of the molecule is CC.Cc1nc2c(n1C)CCC=C2. The number of imidazole rings is 1. The zero-order valence-electron chi connectivity index (χ0n) is 8.96. The highest BCUT2D eigenvalue weighted by atomic mass is 15.1. The molecule has 1 aliphatic carbocycles. The lowest BCUT2D eigenvalue weighted by Gasteiger charge is -2.05. The number of fused-ring (bicyclic) bond motifs is 1. The molecule has 0 fully saturated rings. The van der Waals surface area contributed by atoms with Gasteiger partial charge in [0.1, 0.15) is 5.82 Å². The van der Waals surface area contributed by atoms with E-state index in [0.29, 0.717) is 0 Å². The van der Waals surface area contributed by atoms with E-state index >= 15 is 0 Å². The fourth-order valence-electron chi connectivity index (χ4n) is 1.53. The van der Waals surface area contributed by atoms with Crippen LogP contribution in [0, 0.1) is 6.92 Å². The molecule has 0 aliphatic heterocycles. The lowest BCUT2D eigenvalue weighted by Crippen LogP contribution is -2.00. The largest absolute Gasteiger partial charge is 0.335 e. The van der Waals surface area contributed by atoms with E-state index in [1.807, 2.05) is 20.8 Å². The minimum Gasteiger partial charge on any atom is -0.335 e. The zero-order valence-corrected chi connectivity index (χ0v) is 8.96. The van der Waals surface area contributed by atoms with Gasteiger partial charge in [0.05, 0.1) is 5.69 Å². The van der Waals surface area contributed by atoms with E-state index < -0.39 is 0 Å². The molecular formula is C11H18N2. The van der Waals surface area contributed by atoms with Crippen molar-refractivity contribution >= 4 is 6.08 Å². The van der Waals surface area contributed by atoms with Gasteiger partial charge in [0.25, 0.3) is 0 Å². The maximum absolute atomic E-state index is 4.43.